The van der Waals surface area contributed by atoms with E-state index < -0.39 is 37.0 Å². The molecule has 0 aromatic heterocycles. The molecule has 0 spiro atoms. The largest absolute Gasteiger partial charge is 0.480 e. The molecule has 0 aromatic rings. The van der Waals surface area contributed by atoms with E-state index in [2.05, 4.69) is 10.1 Å². The van der Waals surface area contributed by atoms with Gasteiger partial charge in [0.1, 0.15) is 19.3 Å². The number of aliphatic carboxylic acids is 1. The second-order valence-corrected chi connectivity index (χ2v) is 2.58. The summed E-state index contributed by atoms with van der Waals surface area (Å²) in [5, 5.41) is 10.4. The maximum atomic E-state index is 10.9. The molecule has 14 heavy (non-hydrogen) atoms. The van der Waals surface area contributed by atoms with Crippen LogP contribution in [0.2, 0.25) is 0 Å². The molecule has 0 aliphatic carbocycles. The first-order valence-electron chi connectivity index (χ1n) is 3.81. The molecule has 0 aliphatic rings. The van der Waals surface area contributed by atoms with Gasteiger partial charge in [0.2, 0.25) is 11.8 Å². The molecule has 0 heterocycles. The molecule has 80 valence electrons. The van der Waals surface area contributed by atoms with Gasteiger partial charge in [-0.05, 0) is 6.92 Å². The number of primary amides is 1. The van der Waals surface area contributed by atoms with Gasteiger partial charge in [-0.15, -0.1) is 0 Å². The SMILES string of the molecule is CC(NC(=O)COCC(=O)O)C(N)=O. The van der Waals surface area contributed by atoms with Crippen molar-refractivity contribution in [3.05, 3.63) is 0 Å². The molecule has 0 aromatic carbocycles. The molecule has 0 rings (SSSR count). The van der Waals surface area contributed by atoms with Gasteiger partial charge in [0.15, 0.2) is 0 Å². The molecular weight excluding hydrogens is 192 g/mol. The molecule has 4 N–H and O–H groups in total. The van der Waals surface area contributed by atoms with Crippen LogP contribution >= 0.6 is 0 Å². The molecule has 7 nitrogen and oxygen atoms in total. The van der Waals surface area contributed by atoms with Crippen LogP contribution in [0.3, 0.4) is 0 Å². The predicted molar refractivity (Wildman–Crippen MR) is 45.3 cm³/mol. The first-order chi connectivity index (χ1) is 6.43. The Morgan fingerprint density at radius 3 is 2.43 bits per heavy atom. The third-order valence-electron chi connectivity index (χ3n) is 1.26. The Kier molecular flexibility index (Phi) is 5.23. The van der Waals surface area contributed by atoms with Gasteiger partial charge in [-0.25, -0.2) is 4.79 Å². The van der Waals surface area contributed by atoms with Crippen LogP contribution in [0.5, 0.6) is 0 Å². The number of carboxylic acid groups (broad SMARTS) is 1. The van der Waals surface area contributed by atoms with Gasteiger partial charge in [0, 0.05) is 0 Å². The number of hydrogen-bond acceptors (Lipinski definition) is 4. The van der Waals surface area contributed by atoms with Crippen molar-refractivity contribution in [1.29, 1.82) is 0 Å². The van der Waals surface area contributed by atoms with Crippen molar-refractivity contribution in [1.82, 2.24) is 5.32 Å². The Morgan fingerprint density at radius 1 is 1.43 bits per heavy atom. The minimum absolute atomic E-state index is 0.413. The summed E-state index contributed by atoms with van der Waals surface area (Å²) in [5.41, 5.74) is 4.87. The molecule has 0 saturated heterocycles. The van der Waals surface area contributed by atoms with Crippen LogP contribution in [0.15, 0.2) is 0 Å². The average Bonchev–Trinajstić information content (AvgIpc) is 2.02. The smallest absolute Gasteiger partial charge is 0.329 e. The van der Waals surface area contributed by atoms with Gasteiger partial charge in [0.25, 0.3) is 0 Å². The van der Waals surface area contributed by atoms with Gasteiger partial charge in [-0.1, -0.05) is 0 Å². The van der Waals surface area contributed by atoms with Crippen LogP contribution in [0, 0.1) is 0 Å². The van der Waals surface area contributed by atoms with Crippen molar-refractivity contribution in [2.75, 3.05) is 13.2 Å². The second-order valence-electron chi connectivity index (χ2n) is 2.58. The van der Waals surface area contributed by atoms with Crippen molar-refractivity contribution in [3.63, 3.8) is 0 Å². The third kappa shape index (κ3) is 5.95. The Balaban J connectivity index is 3.65. The number of hydrogen-bond donors (Lipinski definition) is 3. The molecule has 1 unspecified atom stereocenters. The van der Waals surface area contributed by atoms with Crippen LogP contribution in [0.4, 0.5) is 0 Å². The maximum Gasteiger partial charge on any atom is 0.329 e. The van der Waals surface area contributed by atoms with E-state index in [1.54, 1.807) is 0 Å². The molecule has 0 fully saturated rings. The van der Waals surface area contributed by atoms with E-state index in [4.69, 9.17) is 10.8 Å². The van der Waals surface area contributed by atoms with Crippen LogP contribution < -0.4 is 11.1 Å². The van der Waals surface area contributed by atoms with Crippen molar-refractivity contribution in [2.24, 2.45) is 5.73 Å². The van der Waals surface area contributed by atoms with Crippen LogP contribution in [0.25, 0.3) is 0 Å². The van der Waals surface area contributed by atoms with Crippen molar-refractivity contribution >= 4 is 17.8 Å². The number of carbonyl (C=O) groups is 3. The zero-order chi connectivity index (χ0) is 11.1. The van der Waals surface area contributed by atoms with E-state index in [1.807, 2.05) is 0 Å². The summed E-state index contributed by atoms with van der Waals surface area (Å²) in [6, 6.07) is -0.795. The fourth-order valence-corrected chi connectivity index (χ4v) is 0.585. The number of nitrogens with one attached hydrogen (secondary N) is 1. The van der Waals surface area contributed by atoms with Gasteiger partial charge < -0.3 is 20.9 Å². The Labute approximate surface area is 80.2 Å². The number of carbonyl (C=O) groups excluding carboxylic acids is 2. The van der Waals surface area contributed by atoms with E-state index in [0.717, 1.165) is 0 Å². The minimum atomic E-state index is -1.17. The summed E-state index contributed by atoms with van der Waals surface area (Å²) >= 11 is 0. The van der Waals surface area contributed by atoms with Gasteiger partial charge in [-0.2, -0.15) is 0 Å². The highest BCUT2D eigenvalue weighted by Crippen LogP contribution is 1.81. The summed E-state index contributed by atoms with van der Waals surface area (Å²) in [7, 11) is 0. The number of rotatable bonds is 6. The highest BCUT2D eigenvalue weighted by molar-refractivity contribution is 5.86. The summed E-state index contributed by atoms with van der Waals surface area (Å²) in [5.74, 6) is -2.42. The molecule has 7 heteroatoms. The number of carboxylic acids is 1. The summed E-state index contributed by atoms with van der Waals surface area (Å²) in [4.78, 5) is 31.4. The molecule has 0 saturated carbocycles. The molecule has 0 radical (unpaired) electrons. The van der Waals surface area contributed by atoms with Gasteiger partial charge in [0.05, 0.1) is 0 Å². The molecule has 1 atom stereocenters. The fourth-order valence-electron chi connectivity index (χ4n) is 0.585. The highest BCUT2D eigenvalue weighted by atomic mass is 16.5. The van der Waals surface area contributed by atoms with E-state index in [9.17, 15) is 14.4 Å². The van der Waals surface area contributed by atoms with Gasteiger partial charge in [-0.3, -0.25) is 9.59 Å². The van der Waals surface area contributed by atoms with Crippen LogP contribution in [0.1, 0.15) is 6.92 Å². The third-order valence-corrected chi connectivity index (χ3v) is 1.26. The average molecular weight is 204 g/mol. The van der Waals surface area contributed by atoms with Crippen molar-refractivity contribution in [2.45, 2.75) is 13.0 Å². The quantitative estimate of drug-likeness (QED) is 0.466. The highest BCUT2D eigenvalue weighted by Gasteiger charge is 2.12. The Morgan fingerprint density at radius 2 is 2.00 bits per heavy atom. The lowest BCUT2D eigenvalue weighted by Gasteiger charge is -2.09. The van der Waals surface area contributed by atoms with Gasteiger partial charge >= 0.3 is 5.97 Å². The zero-order valence-electron chi connectivity index (χ0n) is 7.65. The normalized spacial score (nSPS) is 11.8. The zero-order valence-corrected chi connectivity index (χ0v) is 7.65. The van der Waals surface area contributed by atoms with E-state index in [1.165, 1.54) is 6.92 Å². The number of ether oxygens (including phenoxy) is 1. The van der Waals surface area contributed by atoms with E-state index in [-0.39, 0.29) is 0 Å². The topological polar surface area (TPSA) is 119 Å². The number of nitrogens with two attached hydrogens (primary N) is 1. The predicted octanol–water partition coefficient (Wildman–Crippen LogP) is -1.92. The molecule has 0 bridgehead atoms. The monoisotopic (exact) mass is 204 g/mol. The first-order valence-corrected chi connectivity index (χ1v) is 3.81. The minimum Gasteiger partial charge on any atom is -0.480 e. The van der Waals surface area contributed by atoms with Crippen LogP contribution in [-0.2, 0) is 19.1 Å². The Hall–Kier alpha value is -1.63. The molecule has 0 aliphatic heterocycles. The second kappa shape index (κ2) is 5.92. The van der Waals surface area contributed by atoms with E-state index in [0.29, 0.717) is 0 Å². The van der Waals surface area contributed by atoms with Crippen molar-refractivity contribution in [3.8, 4) is 0 Å². The first kappa shape index (κ1) is 12.4. The van der Waals surface area contributed by atoms with Crippen molar-refractivity contribution < 1.29 is 24.2 Å². The standard InChI is InChI=1S/C7H12N2O5/c1-4(7(8)13)9-5(10)2-14-3-6(11)12/h4H,2-3H2,1H3,(H2,8,13)(H,9,10)(H,11,12). The lowest BCUT2D eigenvalue weighted by molar-refractivity contribution is -0.144. The van der Waals surface area contributed by atoms with E-state index >= 15 is 0 Å². The Bertz CT molecular complexity index is 240. The summed E-state index contributed by atoms with van der Waals surface area (Å²) < 4.78 is 4.47. The maximum absolute atomic E-state index is 10.9. The molecule has 2 amide bonds. The summed E-state index contributed by atoms with van der Waals surface area (Å²) in [6.07, 6.45) is 0. The lowest BCUT2D eigenvalue weighted by atomic mass is 10.3. The lowest BCUT2D eigenvalue weighted by Crippen LogP contribution is -2.43. The number of amides is 2. The summed E-state index contributed by atoms with van der Waals surface area (Å²) in [6.45, 7) is 0.444. The van der Waals surface area contributed by atoms with Crippen LogP contribution in [-0.4, -0.2) is 42.1 Å². The molecular formula is C7H12N2O5. The fraction of sp³-hybridized carbons (Fsp3) is 0.571.